The van der Waals surface area contributed by atoms with Crippen molar-refractivity contribution in [2.75, 3.05) is 0 Å². The maximum Gasteiger partial charge on any atom is 0.180 e. The molecule has 0 atom stereocenters. The number of aromatic nitrogens is 2. The van der Waals surface area contributed by atoms with Gasteiger partial charge in [0.25, 0.3) is 0 Å². The molecule has 3 aromatic rings. The molecule has 4 nitrogen and oxygen atoms in total. The van der Waals surface area contributed by atoms with Crippen LogP contribution in [0.1, 0.15) is 0 Å². The van der Waals surface area contributed by atoms with E-state index in [1.54, 1.807) is 41.1 Å². The van der Waals surface area contributed by atoms with Crippen molar-refractivity contribution in [2.45, 2.75) is 0 Å². The SMILES string of the molecule is Oc1ccc(Cl)cc1-c1cn2cccc(O)c2n1. The van der Waals surface area contributed by atoms with Crippen molar-refractivity contribution >= 4 is 17.2 Å². The highest BCUT2D eigenvalue weighted by molar-refractivity contribution is 6.30. The molecule has 2 heterocycles. The van der Waals surface area contributed by atoms with E-state index in [1.807, 2.05) is 0 Å². The molecule has 18 heavy (non-hydrogen) atoms. The van der Waals surface area contributed by atoms with Crippen LogP contribution in [-0.2, 0) is 0 Å². The van der Waals surface area contributed by atoms with Gasteiger partial charge in [0.2, 0.25) is 0 Å². The lowest BCUT2D eigenvalue weighted by atomic mass is 10.1. The number of pyridine rings is 1. The summed E-state index contributed by atoms with van der Waals surface area (Å²) in [6.07, 6.45) is 3.49. The van der Waals surface area contributed by atoms with E-state index in [-0.39, 0.29) is 11.5 Å². The first-order chi connectivity index (χ1) is 8.65. The van der Waals surface area contributed by atoms with Gasteiger partial charge in [-0.2, -0.15) is 0 Å². The van der Waals surface area contributed by atoms with Crippen molar-refractivity contribution in [2.24, 2.45) is 0 Å². The quantitative estimate of drug-likeness (QED) is 0.707. The van der Waals surface area contributed by atoms with E-state index in [4.69, 9.17) is 11.6 Å². The van der Waals surface area contributed by atoms with E-state index in [0.717, 1.165) is 0 Å². The van der Waals surface area contributed by atoms with Gasteiger partial charge in [-0.25, -0.2) is 4.98 Å². The number of halogens is 1. The van der Waals surface area contributed by atoms with Crippen LogP contribution in [0.2, 0.25) is 5.02 Å². The molecule has 0 radical (unpaired) electrons. The summed E-state index contributed by atoms with van der Waals surface area (Å²) in [7, 11) is 0. The fourth-order valence-electron chi connectivity index (χ4n) is 1.84. The van der Waals surface area contributed by atoms with Gasteiger partial charge in [-0.15, -0.1) is 0 Å². The van der Waals surface area contributed by atoms with Crippen molar-refractivity contribution in [3.63, 3.8) is 0 Å². The molecule has 0 fully saturated rings. The summed E-state index contributed by atoms with van der Waals surface area (Å²) in [5, 5.41) is 20.0. The third-order valence-corrected chi connectivity index (χ3v) is 2.93. The Bertz CT molecular complexity index is 737. The van der Waals surface area contributed by atoms with Crippen molar-refractivity contribution in [3.8, 4) is 22.8 Å². The standard InChI is InChI=1S/C13H9ClN2O2/c14-8-3-4-11(17)9(6-8)10-7-16-5-1-2-12(18)13(16)15-10/h1-7,17-18H. The Morgan fingerprint density at radius 2 is 1.94 bits per heavy atom. The fourth-order valence-corrected chi connectivity index (χ4v) is 2.01. The van der Waals surface area contributed by atoms with Gasteiger partial charge in [-0.3, -0.25) is 0 Å². The Hall–Kier alpha value is -2.20. The Kier molecular flexibility index (Phi) is 2.38. The highest BCUT2D eigenvalue weighted by Crippen LogP contribution is 2.32. The number of fused-ring (bicyclic) bond motifs is 1. The third kappa shape index (κ3) is 1.67. The minimum atomic E-state index is 0.0882. The molecule has 0 saturated heterocycles. The summed E-state index contributed by atoms with van der Waals surface area (Å²) in [6.45, 7) is 0. The van der Waals surface area contributed by atoms with Gasteiger partial charge >= 0.3 is 0 Å². The zero-order chi connectivity index (χ0) is 12.7. The summed E-state index contributed by atoms with van der Waals surface area (Å²) in [5.74, 6) is 0.188. The molecule has 0 aliphatic carbocycles. The van der Waals surface area contributed by atoms with Crippen LogP contribution >= 0.6 is 11.6 Å². The van der Waals surface area contributed by atoms with Crippen molar-refractivity contribution in [1.82, 2.24) is 9.38 Å². The van der Waals surface area contributed by atoms with Gasteiger partial charge in [0.05, 0.1) is 5.69 Å². The first-order valence-electron chi connectivity index (χ1n) is 5.31. The Morgan fingerprint density at radius 1 is 1.11 bits per heavy atom. The Balaban J connectivity index is 2.26. The molecule has 0 unspecified atom stereocenters. The number of benzene rings is 1. The van der Waals surface area contributed by atoms with Gasteiger partial charge < -0.3 is 14.6 Å². The average molecular weight is 261 g/mol. The van der Waals surface area contributed by atoms with Crippen LogP contribution in [0.15, 0.2) is 42.7 Å². The van der Waals surface area contributed by atoms with Crippen LogP contribution in [0, 0.1) is 0 Å². The van der Waals surface area contributed by atoms with E-state index in [2.05, 4.69) is 4.98 Å². The molecule has 0 aliphatic rings. The second-order valence-electron chi connectivity index (χ2n) is 3.91. The summed E-state index contributed by atoms with van der Waals surface area (Å²) >= 11 is 5.90. The number of nitrogens with zero attached hydrogens (tertiary/aromatic N) is 2. The molecular weight excluding hydrogens is 252 g/mol. The van der Waals surface area contributed by atoms with Crippen molar-refractivity contribution < 1.29 is 10.2 Å². The highest BCUT2D eigenvalue weighted by atomic mass is 35.5. The predicted molar refractivity (Wildman–Crippen MR) is 69.0 cm³/mol. The van der Waals surface area contributed by atoms with E-state index in [0.29, 0.717) is 21.9 Å². The minimum Gasteiger partial charge on any atom is -0.507 e. The monoisotopic (exact) mass is 260 g/mol. The molecule has 0 bridgehead atoms. The zero-order valence-electron chi connectivity index (χ0n) is 9.21. The van der Waals surface area contributed by atoms with Gasteiger partial charge in [-0.1, -0.05) is 11.6 Å². The summed E-state index contributed by atoms with van der Waals surface area (Å²) < 4.78 is 1.69. The lowest BCUT2D eigenvalue weighted by Gasteiger charge is -2.00. The molecule has 0 spiro atoms. The molecule has 0 amide bonds. The lowest BCUT2D eigenvalue weighted by molar-refractivity contribution is 0.476. The van der Waals surface area contributed by atoms with Crippen LogP contribution in [0.25, 0.3) is 16.9 Å². The largest absolute Gasteiger partial charge is 0.507 e. The van der Waals surface area contributed by atoms with E-state index in [9.17, 15) is 10.2 Å². The minimum absolute atomic E-state index is 0.0882. The second-order valence-corrected chi connectivity index (χ2v) is 4.35. The first kappa shape index (κ1) is 10.9. The van der Waals surface area contributed by atoms with Gasteiger partial charge in [0.15, 0.2) is 11.4 Å². The number of phenolic OH excluding ortho intramolecular Hbond substituents is 1. The second kappa shape index (κ2) is 3.92. The van der Waals surface area contributed by atoms with Crippen LogP contribution in [0.3, 0.4) is 0 Å². The Morgan fingerprint density at radius 3 is 2.72 bits per heavy atom. The maximum atomic E-state index is 9.81. The number of imidazole rings is 1. The van der Waals surface area contributed by atoms with E-state index >= 15 is 0 Å². The van der Waals surface area contributed by atoms with E-state index < -0.39 is 0 Å². The molecule has 0 saturated carbocycles. The summed E-state index contributed by atoms with van der Waals surface area (Å²) in [6, 6.07) is 8.03. The number of phenols is 1. The van der Waals surface area contributed by atoms with Gasteiger partial charge in [-0.05, 0) is 30.3 Å². The molecule has 90 valence electrons. The van der Waals surface area contributed by atoms with Gasteiger partial charge in [0.1, 0.15) is 5.75 Å². The number of hydrogen-bond donors (Lipinski definition) is 2. The molecule has 3 rings (SSSR count). The maximum absolute atomic E-state index is 9.81. The highest BCUT2D eigenvalue weighted by Gasteiger charge is 2.11. The normalized spacial score (nSPS) is 10.9. The lowest BCUT2D eigenvalue weighted by Crippen LogP contribution is -1.80. The van der Waals surface area contributed by atoms with Crippen LogP contribution in [0.4, 0.5) is 0 Å². The summed E-state index contributed by atoms with van der Waals surface area (Å²) in [5.41, 5.74) is 1.52. The molecule has 5 heteroatoms. The third-order valence-electron chi connectivity index (χ3n) is 2.70. The number of aromatic hydroxyl groups is 2. The summed E-state index contributed by atoms with van der Waals surface area (Å²) in [4.78, 5) is 4.28. The zero-order valence-corrected chi connectivity index (χ0v) is 9.96. The molecule has 2 aromatic heterocycles. The molecule has 2 N–H and O–H groups in total. The smallest absolute Gasteiger partial charge is 0.180 e. The number of hydrogen-bond acceptors (Lipinski definition) is 3. The van der Waals surface area contributed by atoms with Crippen molar-refractivity contribution in [3.05, 3.63) is 47.7 Å². The fraction of sp³-hybridized carbons (Fsp3) is 0. The molecule has 1 aromatic carbocycles. The van der Waals surface area contributed by atoms with Crippen molar-refractivity contribution in [1.29, 1.82) is 0 Å². The van der Waals surface area contributed by atoms with E-state index in [1.165, 1.54) is 6.07 Å². The Labute approximate surface area is 108 Å². The topological polar surface area (TPSA) is 57.8 Å². The first-order valence-corrected chi connectivity index (χ1v) is 5.68. The van der Waals surface area contributed by atoms with Crippen LogP contribution in [0.5, 0.6) is 11.5 Å². The average Bonchev–Trinajstić information content (AvgIpc) is 2.77. The predicted octanol–water partition coefficient (Wildman–Crippen LogP) is 3.07. The van der Waals surface area contributed by atoms with Gasteiger partial charge in [0, 0.05) is 23.0 Å². The van der Waals surface area contributed by atoms with Crippen LogP contribution in [-0.4, -0.2) is 19.6 Å². The molecule has 0 aliphatic heterocycles. The molecular formula is C13H9ClN2O2. The van der Waals surface area contributed by atoms with Crippen LogP contribution < -0.4 is 0 Å². The number of rotatable bonds is 1.